The Morgan fingerprint density at radius 2 is 1.43 bits per heavy atom. The van der Waals surface area contributed by atoms with Crippen molar-refractivity contribution in [2.24, 2.45) is 5.10 Å². The second kappa shape index (κ2) is 13.6. The lowest BCUT2D eigenvalue weighted by Crippen LogP contribution is -2.39. The maximum atomic E-state index is 13.4. The molecule has 0 aliphatic heterocycles. The molecule has 0 bridgehead atoms. The van der Waals surface area contributed by atoms with Crippen LogP contribution in [0.4, 0.5) is 15.8 Å². The Labute approximate surface area is 243 Å². The highest BCUT2D eigenvalue weighted by Crippen LogP contribution is 2.24. The van der Waals surface area contributed by atoms with Gasteiger partial charge in [0.1, 0.15) is 18.1 Å². The Balaban J connectivity index is 1.34. The van der Waals surface area contributed by atoms with E-state index < -0.39 is 28.3 Å². The zero-order chi connectivity index (χ0) is 30.1. The minimum Gasteiger partial charge on any atom is -0.484 e. The van der Waals surface area contributed by atoms with Crippen molar-refractivity contribution in [3.63, 3.8) is 0 Å². The summed E-state index contributed by atoms with van der Waals surface area (Å²) >= 11 is 0. The van der Waals surface area contributed by atoms with Gasteiger partial charge in [-0.2, -0.15) is 5.10 Å². The first-order chi connectivity index (χ1) is 20.1. The number of ether oxygens (including phenoxy) is 1. The van der Waals surface area contributed by atoms with Gasteiger partial charge in [-0.3, -0.25) is 13.9 Å². The van der Waals surface area contributed by atoms with Crippen molar-refractivity contribution in [2.75, 3.05) is 22.8 Å². The van der Waals surface area contributed by atoms with Gasteiger partial charge in [0, 0.05) is 5.69 Å². The van der Waals surface area contributed by atoms with E-state index in [9.17, 15) is 22.4 Å². The fourth-order valence-electron chi connectivity index (χ4n) is 3.74. The molecule has 0 saturated heterocycles. The minimum absolute atomic E-state index is 0.157. The van der Waals surface area contributed by atoms with Crippen LogP contribution in [-0.4, -0.2) is 39.6 Å². The first-order valence-corrected chi connectivity index (χ1v) is 14.3. The minimum atomic E-state index is -4.18. The lowest BCUT2D eigenvalue weighted by Gasteiger charge is -2.23. The molecule has 4 rings (SSSR count). The molecule has 0 unspecified atom stereocenters. The Kier molecular flexibility index (Phi) is 9.66. The van der Waals surface area contributed by atoms with Gasteiger partial charge in [0.25, 0.3) is 21.8 Å². The van der Waals surface area contributed by atoms with Gasteiger partial charge in [-0.1, -0.05) is 35.4 Å². The summed E-state index contributed by atoms with van der Waals surface area (Å²) in [7, 11) is -4.18. The van der Waals surface area contributed by atoms with Crippen LogP contribution in [0.25, 0.3) is 0 Å². The third kappa shape index (κ3) is 8.24. The van der Waals surface area contributed by atoms with E-state index in [1.54, 1.807) is 48.5 Å². The van der Waals surface area contributed by atoms with Crippen molar-refractivity contribution in [2.45, 2.75) is 18.7 Å². The number of benzene rings is 4. The van der Waals surface area contributed by atoms with Gasteiger partial charge < -0.3 is 10.1 Å². The van der Waals surface area contributed by atoms with Gasteiger partial charge in [0.05, 0.1) is 16.8 Å². The molecule has 42 heavy (non-hydrogen) atoms. The molecule has 0 spiro atoms. The van der Waals surface area contributed by atoms with Gasteiger partial charge in [-0.25, -0.2) is 18.2 Å². The Bertz CT molecular complexity index is 1660. The maximum Gasteiger partial charge on any atom is 0.264 e. The number of carbonyl (C=O) groups excluding carboxylic acids is 2. The Morgan fingerprint density at radius 1 is 0.833 bits per heavy atom. The predicted molar refractivity (Wildman–Crippen MR) is 160 cm³/mol. The second-order valence-corrected chi connectivity index (χ2v) is 11.2. The number of hydrazone groups is 1. The smallest absolute Gasteiger partial charge is 0.264 e. The van der Waals surface area contributed by atoms with E-state index >= 15 is 0 Å². The monoisotopic (exact) mass is 588 g/mol. The van der Waals surface area contributed by atoms with E-state index in [1.807, 2.05) is 38.1 Å². The molecule has 0 aliphatic rings. The molecule has 11 heteroatoms. The van der Waals surface area contributed by atoms with E-state index in [1.165, 1.54) is 6.21 Å². The lowest BCUT2D eigenvalue weighted by molar-refractivity contribution is -0.119. The van der Waals surface area contributed by atoms with Crippen molar-refractivity contribution in [1.82, 2.24) is 5.43 Å². The lowest BCUT2D eigenvalue weighted by atomic mass is 10.2. The summed E-state index contributed by atoms with van der Waals surface area (Å²) in [6.07, 6.45) is 1.39. The summed E-state index contributed by atoms with van der Waals surface area (Å²) in [4.78, 5) is 24.7. The third-order valence-corrected chi connectivity index (χ3v) is 7.79. The number of hydrogen-bond acceptors (Lipinski definition) is 6. The van der Waals surface area contributed by atoms with Crippen LogP contribution >= 0.6 is 0 Å². The number of anilines is 2. The highest BCUT2D eigenvalue weighted by atomic mass is 32.2. The highest BCUT2D eigenvalue weighted by molar-refractivity contribution is 7.92. The van der Waals surface area contributed by atoms with Crippen molar-refractivity contribution in [1.29, 1.82) is 0 Å². The first kappa shape index (κ1) is 29.9. The number of carbonyl (C=O) groups is 2. The van der Waals surface area contributed by atoms with Crippen LogP contribution < -0.4 is 19.8 Å². The summed E-state index contributed by atoms with van der Waals surface area (Å²) in [6.45, 7) is 3.08. The summed E-state index contributed by atoms with van der Waals surface area (Å²) in [6, 6.07) is 25.1. The number of aryl methyl sites for hydroxylation is 2. The maximum absolute atomic E-state index is 13.4. The number of nitrogens with one attached hydrogen (secondary N) is 2. The molecular formula is C31H29FN4O5S. The van der Waals surface area contributed by atoms with Crippen LogP contribution in [0.1, 0.15) is 16.7 Å². The van der Waals surface area contributed by atoms with Gasteiger partial charge in [0.15, 0.2) is 6.61 Å². The molecule has 0 aromatic heterocycles. The van der Waals surface area contributed by atoms with E-state index in [-0.39, 0.29) is 23.1 Å². The van der Waals surface area contributed by atoms with E-state index in [0.29, 0.717) is 17.0 Å². The average Bonchev–Trinajstić information content (AvgIpc) is 2.97. The highest BCUT2D eigenvalue weighted by Gasteiger charge is 2.27. The average molecular weight is 589 g/mol. The number of amides is 2. The molecule has 0 saturated carbocycles. The van der Waals surface area contributed by atoms with Gasteiger partial charge >= 0.3 is 0 Å². The molecule has 4 aromatic rings. The number of rotatable bonds is 11. The number of halogens is 1. The molecule has 0 atom stereocenters. The third-order valence-electron chi connectivity index (χ3n) is 6.00. The zero-order valence-corrected chi connectivity index (χ0v) is 23.8. The molecule has 2 amide bonds. The van der Waals surface area contributed by atoms with Crippen LogP contribution in [0.5, 0.6) is 5.75 Å². The summed E-state index contributed by atoms with van der Waals surface area (Å²) in [5, 5.41) is 6.68. The summed E-state index contributed by atoms with van der Waals surface area (Å²) < 4.78 is 46.5. The van der Waals surface area contributed by atoms with E-state index in [0.717, 1.165) is 39.7 Å². The van der Waals surface area contributed by atoms with Crippen molar-refractivity contribution >= 4 is 39.4 Å². The van der Waals surface area contributed by atoms with Crippen LogP contribution in [0.15, 0.2) is 107 Å². The predicted octanol–water partition coefficient (Wildman–Crippen LogP) is 4.81. The van der Waals surface area contributed by atoms with E-state index in [2.05, 4.69) is 15.8 Å². The standard InChI is InChI=1S/C31H29FN4O5S/c1-22-3-11-26(12-4-22)34-31(38)21-41-28-15-7-24(8-16-28)19-33-35-30(37)20-36(27-13-5-23(2)6-14-27)42(39,40)29-17-9-25(32)10-18-29/h3-19H,20-21H2,1-2H3,(H,34,38)(H,35,37)/b33-19-. The van der Waals surface area contributed by atoms with Crippen LogP contribution in [0.2, 0.25) is 0 Å². The molecular weight excluding hydrogens is 559 g/mol. The van der Waals surface area contributed by atoms with Crippen molar-refractivity contribution in [3.05, 3.63) is 120 Å². The molecule has 9 nitrogen and oxygen atoms in total. The van der Waals surface area contributed by atoms with Gasteiger partial charge in [0.2, 0.25) is 0 Å². The fraction of sp³-hybridized carbons (Fsp3) is 0.129. The van der Waals surface area contributed by atoms with Crippen LogP contribution in [0, 0.1) is 19.7 Å². The molecule has 4 aromatic carbocycles. The Hall–Kier alpha value is -5.03. The first-order valence-electron chi connectivity index (χ1n) is 12.9. The van der Waals surface area contributed by atoms with Gasteiger partial charge in [-0.15, -0.1) is 0 Å². The summed E-state index contributed by atoms with van der Waals surface area (Å²) in [5.41, 5.74) is 5.91. The SMILES string of the molecule is Cc1ccc(NC(=O)COc2ccc(/C=N\NC(=O)CN(c3ccc(C)cc3)S(=O)(=O)c3ccc(F)cc3)cc2)cc1. The van der Waals surface area contributed by atoms with Crippen LogP contribution in [-0.2, 0) is 19.6 Å². The Morgan fingerprint density at radius 3 is 2.05 bits per heavy atom. The molecule has 0 heterocycles. The normalized spacial score (nSPS) is 11.2. The molecule has 0 radical (unpaired) electrons. The van der Waals surface area contributed by atoms with Crippen molar-refractivity contribution < 1.29 is 27.1 Å². The van der Waals surface area contributed by atoms with E-state index in [4.69, 9.17) is 4.74 Å². The molecule has 2 N–H and O–H groups in total. The van der Waals surface area contributed by atoms with Gasteiger partial charge in [-0.05, 0) is 92.2 Å². The molecule has 0 fully saturated rings. The topological polar surface area (TPSA) is 117 Å². The zero-order valence-electron chi connectivity index (χ0n) is 23.0. The number of hydrogen-bond donors (Lipinski definition) is 2. The van der Waals surface area contributed by atoms with Crippen molar-refractivity contribution in [3.8, 4) is 5.75 Å². The fourth-order valence-corrected chi connectivity index (χ4v) is 5.16. The summed E-state index contributed by atoms with van der Waals surface area (Å²) in [5.74, 6) is -1.09. The largest absolute Gasteiger partial charge is 0.484 e. The molecule has 0 aliphatic carbocycles. The second-order valence-electron chi connectivity index (χ2n) is 9.37. The van der Waals surface area contributed by atoms with Crippen LogP contribution in [0.3, 0.4) is 0 Å². The number of nitrogens with zero attached hydrogens (tertiary/aromatic N) is 2. The number of sulfonamides is 1. The quantitative estimate of drug-likeness (QED) is 0.193. The molecule has 216 valence electrons.